The molecule has 2 N–H and O–H groups in total. The maximum Gasteiger partial charge on any atom is 0.226 e. The van der Waals surface area contributed by atoms with Gasteiger partial charge in [-0.2, -0.15) is 4.98 Å². The van der Waals surface area contributed by atoms with Crippen LogP contribution in [-0.4, -0.2) is 10.1 Å². The van der Waals surface area contributed by atoms with Gasteiger partial charge in [0.2, 0.25) is 5.89 Å². The maximum atomic E-state index is 6.05. The summed E-state index contributed by atoms with van der Waals surface area (Å²) in [6.45, 7) is 0. The lowest BCUT2D eigenvalue weighted by Gasteiger charge is -2.05. The van der Waals surface area contributed by atoms with Gasteiger partial charge >= 0.3 is 0 Å². The predicted molar refractivity (Wildman–Crippen MR) is 64.2 cm³/mol. The first-order valence-electron chi connectivity index (χ1n) is 6.91. The summed E-state index contributed by atoms with van der Waals surface area (Å²) in [5.74, 6) is 2.97. The van der Waals surface area contributed by atoms with Gasteiger partial charge in [0, 0.05) is 6.42 Å². The molecule has 1 aromatic rings. The van der Waals surface area contributed by atoms with Crippen molar-refractivity contribution in [3.63, 3.8) is 0 Å². The Labute approximate surface area is 102 Å². The molecule has 2 saturated carbocycles. The molecule has 2 aliphatic carbocycles. The smallest absolute Gasteiger partial charge is 0.226 e. The molecule has 17 heavy (non-hydrogen) atoms. The van der Waals surface area contributed by atoms with Crippen LogP contribution in [0.3, 0.4) is 0 Å². The summed E-state index contributed by atoms with van der Waals surface area (Å²) < 4.78 is 5.28. The molecule has 0 aliphatic heterocycles. The largest absolute Gasteiger partial charge is 0.339 e. The molecule has 0 spiro atoms. The van der Waals surface area contributed by atoms with E-state index in [1.54, 1.807) is 0 Å². The molecule has 1 heterocycles. The fourth-order valence-corrected chi connectivity index (χ4v) is 2.80. The van der Waals surface area contributed by atoms with Crippen molar-refractivity contribution in [3.8, 4) is 0 Å². The lowest BCUT2D eigenvalue weighted by Crippen LogP contribution is -2.14. The molecule has 0 aromatic carbocycles. The predicted octanol–water partition coefficient (Wildman–Crippen LogP) is 2.60. The van der Waals surface area contributed by atoms with Crippen molar-refractivity contribution in [2.45, 2.75) is 57.4 Å². The van der Waals surface area contributed by atoms with Gasteiger partial charge in [-0.25, -0.2) is 0 Å². The summed E-state index contributed by atoms with van der Waals surface area (Å²) in [7, 11) is 0. The first-order chi connectivity index (χ1) is 8.33. The Balaban J connectivity index is 1.52. The minimum Gasteiger partial charge on any atom is -0.339 e. The van der Waals surface area contributed by atoms with Crippen LogP contribution in [0.1, 0.15) is 62.7 Å². The summed E-state index contributed by atoms with van der Waals surface area (Å²) in [4.78, 5) is 4.43. The van der Waals surface area contributed by atoms with E-state index in [0.29, 0.717) is 11.7 Å². The Hall–Kier alpha value is -0.900. The SMILES string of the molecule is NC(c1noc(CCC2CCCC2)n1)C1CC1. The van der Waals surface area contributed by atoms with E-state index in [1.807, 2.05) is 0 Å². The van der Waals surface area contributed by atoms with Gasteiger partial charge in [0.15, 0.2) is 5.82 Å². The summed E-state index contributed by atoms with van der Waals surface area (Å²) in [5, 5.41) is 4.01. The zero-order valence-electron chi connectivity index (χ0n) is 10.3. The van der Waals surface area contributed by atoms with Crippen LogP contribution in [0.4, 0.5) is 0 Å². The minimum atomic E-state index is -0.000944. The van der Waals surface area contributed by atoms with Crippen molar-refractivity contribution >= 4 is 0 Å². The molecular formula is C13H21N3O. The average Bonchev–Trinajstić information content (AvgIpc) is 2.88. The average molecular weight is 235 g/mol. The zero-order chi connectivity index (χ0) is 11.7. The minimum absolute atomic E-state index is 0.000944. The standard InChI is InChI=1S/C13H21N3O/c14-12(10-6-7-10)13-15-11(17-16-13)8-5-9-3-1-2-4-9/h9-10,12H,1-8,14H2. The van der Waals surface area contributed by atoms with Crippen LogP contribution >= 0.6 is 0 Å². The highest BCUT2D eigenvalue weighted by Gasteiger charge is 2.32. The third-order valence-corrected chi connectivity index (χ3v) is 4.15. The number of nitrogens with two attached hydrogens (primary N) is 1. The van der Waals surface area contributed by atoms with Crippen LogP contribution < -0.4 is 5.73 Å². The van der Waals surface area contributed by atoms with E-state index in [9.17, 15) is 0 Å². The molecule has 94 valence electrons. The van der Waals surface area contributed by atoms with Crippen molar-refractivity contribution in [3.05, 3.63) is 11.7 Å². The molecule has 0 saturated heterocycles. The second kappa shape index (κ2) is 4.77. The Morgan fingerprint density at radius 1 is 1.24 bits per heavy atom. The highest BCUT2D eigenvalue weighted by atomic mass is 16.5. The number of aromatic nitrogens is 2. The van der Waals surface area contributed by atoms with Gasteiger partial charge in [0.25, 0.3) is 0 Å². The summed E-state index contributed by atoms with van der Waals surface area (Å²) in [5.41, 5.74) is 6.05. The second-order valence-corrected chi connectivity index (χ2v) is 5.60. The second-order valence-electron chi connectivity index (χ2n) is 5.60. The van der Waals surface area contributed by atoms with Gasteiger partial charge in [-0.05, 0) is 31.1 Å². The quantitative estimate of drug-likeness (QED) is 0.852. The van der Waals surface area contributed by atoms with Crippen LogP contribution in [0, 0.1) is 11.8 Å². The van der Waals surface area contributed by atoms with Crippen LogP contribution in [0.5, 0.6) is 0 Å². The first-order valence-corrected chi connectivity index (χ1v) is 6.91. The number of hydrogen-bond donors (Lipinski definition) is 1. The van der Waals surface area contributed by atoms with Crippen LogP contribution in [0.15, 0.2) is 4.52 Å². The molecule has 4 heteroatoms. The van der Waals surface area contributed by atoms with Crippen molar-refractivity contribution in [1.29, 1.82) is 0 Å². The third-order valence-electron chi connectivity index (χ3n) is 4.15. The molecule has 1 atom stereocenters. The molecular weight excluding hydrogens is 214 g/mol. The van der Waals surface area contributed by atoms with E-state index in [0.717, 1.165) is 18.2 Å². The Kier molecular flexibility index (Phi) is 3.14. The zero-order valence-corrected chi connectivity index (χ0v) is 10.3. The van der Waals surface area contributed by atoms with Crippen molar-refractivity contribution in [1.82, 2.24) is 10.1 Å². The molecule has 4 nitrogen and oxygen atoms in total. The van der Waals surface area contributed by atoms with Crippen molar-refractivity contribution < 1.29 is 4.52 Å². The number of hydrogen-bond acceptors (Lipinski definition) is 4. The fraction of sp³-hybridized carbons (Fsp3) is 0.846. The van der Waals surface area contributed by atoms with Gasteiger partial charge in [0.1, 0.15) is 0 Å². The Morgan fingerprint density at radius 2 is 2.00 bits per heavy atom. The topological polar surface area (TPSA) is 64.9 Å². The fourth-order valence-electron chi connectivity index (χ4n) is 2.80. The molecule has 2 fully saturated rings. The van der Waals surface area contributed by atoms with Gasteiger partial charge in [-0.1, -0.05) is 30.8 Å². The number of nitrogens with zero attached hydrogens (tertiary/aromatic N) is 2. The number of rotatable bonds is 5. The number of aryl methyl sites for hydroxylation is 1. The maximum absolute atomic E-state index is 6.05. The monoisotopic (exact) mass is 235 g/mol. The highest BCUT2D eigenvalue weighted by Crippen LogP contribution is 2.38. The van der Waals surface area contributed by atoms with Crippen LogP contribution in [0.25, 0.3) is 0 Å². The van der Waals surface area contributed by atoms with Crippen molar-refractivity contribution in [2.24, 2.45) is 17.6 Å². The lowest BCUT2D eigenvalue weighted by molar-refractivity contribution is 0.354. The molecule has 0 bridgehead atoms. The Morgan fingerprint density at radius 3 is 2.71 bits per heavy atom. The molecule has 3 rings (SSSR count). The molecule has 0 radical (unpaired) electrons. The molecule has 0 amide bonds. The summed E-state index contributed by atoms with van der Waals surface area (Å²) >= 11 is 0. The van der Waals surface area contributed by atoms with E-state index in [4.69, 9.17) is 10.3 Å². The van der Waals surface area contributed by atoms with Crippen LogP contribution in [0.2, 0.25) is 0 Å². The van der Waals surface area contributed by atoms with Crippen LogP contribution in [-0.2, 0) is 6.42 Å². The van der Waals surface area contributed by atoms with E-state index in [-0.39, 0.29) is 6.04 Å². The van der Waals surface area contributed by atoms with Gasteiger partial charge in [0.05, 0.1) is 6.04 Å². The van der Waals surface area contributed by atoms with E-state index in [1.165, 1.54) is 44.9 Å². The first kappa shape index (κ1) is 11.2. The highest BCUT2D eigenvalue weighted by molar-refractivity contribution is 4.99. The van der Waals surface area contributed by atoms with E-state index in [2.05, 4.69) is 10.1 Å². The van der Waals surface area contributed by atoms with Gasteiger partial charge < -0.3 is 10.3 Å². The van der Waals surface area contributed by atoms with E-state index >= 15 is 0 Å². The van der Waals surface area contributed by atoms with E-state index < -0.39 is 0 Å². The molecule has 1 aromatic heterocycles. The summed E-state index contributed by atoms with van der Waals surface area (Å²) in [6, 6.07) is -0.000944. The lowest BCUT2D eigenvalue weighted by atomic mass is 10.0. The molecule has 1 unspecified atom stereocenters. The van der Waals surface area contributed by atoms with Crippen molar-refractivity contribution in [2.75, 3.05) is 0 Å². The summed E-state index contributed by atoms with van der Waals surface area (Å²) in [6.07, 6.45) is 10.1. The Bertz CT molecular complexity index is 366. The van der Waals surface area contributed by atoms with Gasteiger partial charge in [-0.15, -0.1) is 0 Å². The molecule has 2 aliphatic rings. The normalized spacial score (nSPS) is 23.1. The third kappa shape index (κ3) is 2.68. The van der Waals surface area contributed by atoms with Gasteiger partial charge in [-0.3, -0.25) is 0 Å².